The monoisotopic (exact) mass is 546 g/mol. The normalized spacial score (nSPS) is 11.8. The third-order valence-corrected chi connectivity index (χ3v) is 7.52. The minimum absolute atomic E-state index is 0.0237. The number of rotatable bonds is 24. The van der Waals surface area contributed by atoms with Crippen LogP contribution in [-0.2, 0) is 9.53 Å². The van der Waals surface area contributed by atoms with Crippen LogP contribution in [0.15, 0.2) is 18.2 Å². The molecule has 0 fully saturated rings. The Morgan fingerprint density at radius 1 is 0.744 bits per heavy atom. The predicted molar refractivity (Wildman–Crippen MR) is 165 cm³/mol. The number of anilines is 2. The van der Waals surface area contributed by atoms with E-state index in [1.165, 1.54) is 83.1 Å². The minimum Gasteiger partial charge on any atom is -0.506 e. The van der Waals surface area contributed by atoms with E-state index in [4.69, 9.17) is 4.74 Å². The highest BCUT2D eigenvalue weighted by Gasteiger charge is 2.12. The maximum atomic E-state index is 12.4. The van der Waals surface area contributed by atoms with Gasteiger partial charge in [-0.2, -0.15) is 0 Å². The van der Waals surface area contributed by atoms with Crippen LogP contribution in [0, 0.1) is 5.92 Å². The molecule has 3 N–H and O–H groups in total. The van der Waals surface area contributed by atoms with Gasteiger partial charge in [0, 0.05) is 12.1 Å². The molecule has 0 saturated carbocycles. The molecule has 0 aliphatic carbocycles. The Balaban J connectivity index is 2.16. The fraction of sp³-hybridized carbons (Fsp3) is 0.758. The van der Waals surface area contributed by atoms with E-state index < -0.39 is 6.09 Å². The van der Waals surface area contributed by atoms with E-state index in [0.717, 1.165) is 44.9 Å². The number of amides is 2. The van der Waals surface area contributed by atoms with Crippen LogP contribution in [-0.4, -0.2) is 23.7 Å². The second-order valence-corrected chi connectivity index (χ2v) is 11.1. The van der Waals surface area contributed by atoms with Crippen LogP contribution in [0.25, 0.3) is 0 Å². The average Bonchev–Trinajstić information content (AvgIpc) is 2.92. The van der Waals surface area contributed by atoms with Gasteiger partial charge in [0.05, 0.1) is 12.3 Å². The summed E-state index contributed by atoms with van der Waals surface area (Å²) in [5.74, 6) is 0.218. The largest absolute Gasteiger partial charge is 0.506 e. The van der Waals surface area contributed by atoms with E-state index in [9.17, 15) is 14.7 Å². The van der Waals surface area contributed by atoms with Gasteiger partial charge < -0.3 is 15.2 Å². The number of hydrogen-bond donors (Lipinski definition) is 3. The van der Waals surface area contributed by atoms with Gasteiger partial charge in [-0.25, -0.2) is 4.79 Å². The van der Waals surface area contributed by atoms with Gasteiger partial charge in [0.1, 0.15) is 5.75 Å². The second kappa shape index (κ2) is 23.6. The number of aromatic hydroxyl groups is 1. The molecule has 0 heterocycles. The number of hydrogen-bond acceptors (Lipinski definition) is 4. The molecule has 39 heavy (non-hydrogen) atoms. The van der Waals surface area contributed by atoms with Gasteiger partial charge in [0.2, 0.25) is 5.91 Å². The zero-order chi connectivity index (χ0) is 28.6. The number of carbonyl (C=O) groups is 2. The van der Waals surface area contributed by atoms with E-state index in [-0.39, 0.29) is 11.7 Å². The van der Waals surface area contributed by atoms with Crippen LogP contribution in [0.2, 0.25) is 0 Å². The summed E-state index contributed by atoms with van der Waals surface area (Å²) in [5, 5.41) is 15.6. The van der Waals surface area contributed by atoms with Gasteiger partial charge in [-0.3, -0.25) is 10.1 Å². The summed E-state index contributed by atoms with van der Waals surface area (Å²) < 4.78 is 5.38. The Morgan fingerprint density at radius 2 is 1.28 bits per heavy atom. The van der Waals surface area contributed by atoms with Crippen LogP contribution in [0.3, 0.4) is 0 Å². The lowest BCUT2D eigenvalue weighted by Crippen LogP contribution is -2.19. The highest BCUT2D eigenvalue weighted by molar-refractivity contribution is 5.94. The molecule has 0 radical (unpaired) electrons. The van der Waals surface area contributed by atoms with Crippen LogP contribution < -0.4 is 10.6 Å². The van der Waals surface area contributed by atoms with E-state index in [2.05, 4.69) is 31.4 Å². The standard InChI is InChI=1S/C33H58N2O4/c1-4-7-9-10-11-12-13-14-15-16-17-18-19-20-21-23-32(37)35-30-26-29(24-25-31(30)36)34-33(38)39-27-28(6-3)22-8-5-2/h24-26,28,36H,4-23,27H2,1-3H3,(H,34,38)(H,35,37). The summed E-state index contributed by atoms with van der Waals surface area (Å²) in [7, 11) is 0. The van der Waals surface area contributed by atoms with Crippen molar-refractivity contribution >= 4 is 23.4 Å². The maximum absolute atomic E-state index is 12.4. The van der Waals surface area contributed by atoms with Crippen molar-refractivity contribution in [3.05, 3.63) is 18.2 Å². The fourth-order valence-corrected chi connectivity index (χ4v) is 4.83. The van der Waals surface area contributed by atoms with Gasteiger partial charge >= 0.3 is 6.09 Å². The van der Waals surface area contributed by atoms with Crippen molar-refractivity contribution < 1.29 is 19.4 Å². The Labute approximate surface area is 239 Å². The van der Waals surface area contributed by atoms with Crippen LogP contribution in [0.1, 0.15) is 149 Å². The van der Waals surface area contributed by atoms with Gasteiger partial charge in [0.15, 0.2) is 0 Å². The summed E-state index contributed by atoms with van der Waals surface area (Å²) in [5.41, 5.74) is 0.773. The maximum Gasteiger partial charge on any atom is 0.411 e. The Bertz CT molecular complexity index is 768. The molecule has 224 valence electrons. The van der Waals surface area contributed by atoms with Crippen LogP contribution in [0.5, 0.6) is 5.75 Å². The zero-order valence-corrected chi connectivity index (χ0v) is 25.3. The zero-order valence-electron chi connectivity index (χ0n) is 25.3. The summed E-state index contributed by atoms with van der Waals surface area (Å²) in [4.78, 5) is 24.6. The number of nitrogens with one attached hydrogen (secondary N) is 2. The number of carbonyl (C=O) groups excluding carboxylic acids is 2. The summed E-state index contributed by atoms with van der Waals surface area (Å²) >= 11 is 0. The summed E-state index contributed by atoms with van der Waals surface area (Å²) in [6.07, 6.45) is 23.5. The first-order chi connectivity index (χ1) is 19.0. The van der Waals surface area contributed by atoms with Crippen molar-refractivity contribution in [2.45, 2.75) is 149 Å². The number of phenols is 1. The smallest absolute Gasteiger partial charge is 0.411 e. The van der Waals surface area contributed by atoms with E-state index >= 15 is 0 Å². The quantitative estimate of drug-likeness (QED) is 0.0683. The lowest BCUT2D eigenvalue weighted by atomic mass is 10.0. The SMILES string of the molecule is CCCCCCCCCCCCCCCCCC(=O)Nc1cc(NC(=O)OCC(CC)CCCC)ccc1O. The van der Waals surface area contributed by atoms with E-state index in [1.807, 2.05) is 0 Å². The molecule has 1 rings (SSSR count). The van der Waals surface area contributed by atoms with Crippen molar-refractivity contribution in [3.8, 4) is 5.75 Å². The minimum atomic E-state index is -0.522. The van der Waals surface area contributed by atoms with Crippen molar-refractivity contribution in [1.82, 2.24) is 0 Å². The molecular formula is C33H58N2O4. The second-order valence-electron chi connectivity index (χ2n) is 11.1. The first kappa shape index (κ1) is 34.8. The molecule has 6 heteroatoms. The molecule has 0 bridgehead atoms. The average molecular weight is 547 g/mol. The molecule has 1 aromatic rings. The molecular weight excluding hydrogens is 488 g/mol. The molecule has 0 spiro atoms. The summed E-state index contributed by atoms with van der Waals surface area (Å²) in [6, 6.07) is 4.62. The number of ether oxygens (including phenoxy) is 1. The van der Waals surface area contributed by atoms with Crippen molar-refractivity contribution in [2.75, 3.05) is 17.2 Å². The van der Waals surface area contributed by atoms with Crippen molar-refractivity contribution in [3.63, 3.8) is 0 Å². The van der Waals surface area contributed by atoms with Gasteiger partial charge in [0.25, 0.3) is 0 Å². The van der Waals surface area contributed by atoms with Crippen LogP contribution >= 0.6 is 0 Å². The van der Waals surface area contributed by atoms with Gasteiger partial charge in [-0.15, -0.1) is 0 Å². The Morgan fingerprint density at radius 3 is 1.82 bits per heavy atom. The molecule has 2 amide bonds. The van der Waals surface area contributed by atoms with Gasteiger partial charge in [-0.05, 0) is 37.0 Å². The molecule has 1 unspecified atom stereocenters. The highest BCUT2D eigenvalue weighted by atomic mass is 16.5. The van der Waals surface area contributed by atoms with Crippen molar-refractivity contribution in [1.29, 1.82) is 0 Å². The first-order valence-corrected chi connectivity index (χ1v) is 16.1. The third-order valence-electron chi connectivity index (χ3n) is 7.52. The molecule has 1 aromatic carbocycles. The summed E-state index contributed by atoms with van der Waals surface area (Å²) in [6.45, 7) is 6.92. The molecule has 0 aliphatic rings. The number of unbranched alkanes of at least 4 members (excludes halogenated alkanes) is 15. The van der Waals surface area contributed by atoms with Gasteiger partial charge in [-0.1, -0.05) is 130 Å². The molecule has 0 saturated heterocycles. The first-order valence-electron chi connectivity index (χ1n) is 16.1. The predicted octanol–water partition coefficient (Wildman–Crippen LogP) is 10.4. The highest BCUT2D eigenvalue weighted by Crippen LogP contribution is 2.27. The number of benzene rings is 1. The fourth-order valence-electron chi connectivity index (χ4n) is 4.83. The Kier molecular flexibility index (Phi) is 21.1. The topological polar surface area (TPSA) is 87.7 Å². The third kappa shape index (κ3) is 18.6. The lowest BCUT2D eigenvalue weighted by molar-refractivity contribution is -0.116. The van der Waals surface area contributed by atoms with Crippen LogP contribution in [0.4, 0.5) is 16.2 Å². The molecule has 6 nitrogen and oxygen atoms in total. The van der Waals surface area contributed by atoms with E-state index in [1.54, 1.807) is 12.1 Å². The van der Waals surface area contributed by atoms with E-state index in [0.29, 0.717) is 30.3 Å². The molecule has 0 aliphatic heterocycles. The lowest BCUT2D eigenvalue weighted by Gasteiger charge is -2.15. The Hall–Kier alpha value is -2.24. The number of phenolic OH excluding ortho intramolecular Hbond substituents is 1. The molecule has 0 aromatic heterocycles. The van der Waals surface area contributed by atoms with Crippen molar-refractivity contribution in [2.24, 2.45) is 5.92 Å². The molecule has 1 atom stereocenters.